The molecule has 1 aliphatic rings. The van der Waals surface area contributed by atoms with E-state index in [1.54, 1.807) is 7.05 Å². The maximum Gasteiger partial charge on any atom is 0.242 e. The zero-order chi connectivity index (χ0) is 15.4. The molecule has 1 saturated heterocycles. The van der Waals surface area contributed by atoms with Crippen LogP contribution in [-0.2, 0) is 9.59 Å². The lowest BCUT2D eigenvalue weighted by molar-refractivity contribution is -0.140. The maximum atomic E-state index is 12.5. The Kier molecular flexibility index (Phi) is 7.13. The van der Waals surface area contributed by atoms with Crippen LogP contribution in [0.3, 0.4) is 0 Å². The van der Waals surface area contributed by atoms with Crippen molar-refractivity contribution in [3.05, 3.63) is 34.9 Å². The van der Waals surface area contributed by atoms with Gasteiger partial charge in [-0.2, -0.15) is 0 Å². The van der Waals surface area contributed by atoms with Gasteiger partial charge >= 0.3 is 0 Å². The van der Waals surface area contributed by atoms with Crippen molar-refractivity contribution in [2.45, 2.75) is 13.0 Å². The maximum absolute atomic E-state index is 12.5. The average molecular weight is 346 g/mol. The van der Waals surface area contributed by atoms with Crippen molar-refractivity contribution in [1.82, 2.24) is 15.1 Å². The Bertz CT molecular complexity index is 539. The molecule has 0 saturated carbocycles. The first-order valence-corrected chi connectivity index (χ1v) is 7.34. The van der Waals surface area contributed by atoms with Gasteiger partial charge in [0, 0.05) is 38.6 Å². The minimum absolute atomic E-state index is 0. The van der Waals surface area contributed by atoms with Gasteiger partial charge in [-0.1, -0.05) is 23.7 Å². The number of rotatable bonds is 3. The second kappa shape index (κ2) is 8.36. The molecule has 1 aromatic carbocycles. The molecule has 2 rings (SSSR count). The molecule has 1 fully saturated rings. The fourth-order valence-corrected chi connectivity index (χ4v) is 2.62. The van der Waals surface area contributed by atoms with Gasteiger partial charge in [0.1, 0.15) is 0 Å². The van der Waals surface area contributed by atoms with Gasteiger partial charge in [-0.25, -0.2) is 0 Å². The van der Waals surface area contributed by atoms with Crippen LogP contribution in [0.5, 0.6) is 0 Å². The molecule has 122 valence electrons. The summed E-state index contributed by atoms with van der Waals surface area (Å²) in [4.78, 5) is 27.0. The van der Waals surface area contributed by atoms with E-state index in [1.165, 1.54) is 11.8 Å². The number of hydrogen-bond acceptors (Lipinski definition) is 3. The third-order valence-electron chi connectivity index (χ3n) is 3.71. The van der Waals surface area contributed by atoms with E-state index in [0.717, 1.165) is 12.1 Å². The highest BCUT2D eigenvalue weighted by atomic mass is 35.5. The molecule has 1 unspecified atom stereocenters. The van der Waals surface area contributed by atoms with E-state index in [1.807, 2.05) is 29.2 Å². The predicted octanol–water partition coefficient (Wildman–Crippen LogP) is 1.71. The normalized spacial score (nSPS) is 17.6. The number of halogens is 2. The van der Waals surface area contributed by atoms with E-state index in [2.05, 4.69) is 5.32 Å². The number of hydrogen-bond donors (Lipinski definition) is 1. The Hall–Kier alpha value is -1.30. The SMILES string of the molecule is CC(=O)N(C)CC(=O)N1CCNCC1c1cccc(Cl)c1.Cl. The van der Waals surface area contributed by atoms with Crippen LogP contribution in [0, 0.1) is 0 Å². The minimum atomic E-state index is -0.113. The van der Waals surface area contributed by atoms with Crippen LogP contribution >= 0.6 is 24.0 Å². The molecule has 22 heavy (non-hydrogen) atoms. The summed E-state index contributed by atoms with van der Waals surface area (Å²) in [6, 6.07) is 7.51. The summed E-state index contributed by atoms with van der Waals surface area (Å²) >= 11 is 6.04. The van der Waals surface area contributed by atoms with Crippen LogP contribution in [0.25, 0.3) is 0 Å². The van der Waals surface area contributed by atoms with Crippen LogP contribution in [-0.4, -0.2) is 54.8 Å². The summed E-state index contributed by atoms with van der Waals surface area (Å²) in [5, 5.41) is 3.95. The molecule has 5 nitrogen and oxygen atoms in total. The zero-order valence-electron chi connectivity index (χ0n) is 12.7. The smallest absolute Gasteiger partial charge is 0.242 e. The number of carbonyl (C=O) groups is 2. The molecular formula is C15H21Cl2N3O2. The first-order chi connectivity index (χ1) is 9.99. The van der Waals surface area contributed by atoms with E-state index in [0.29, 0.717) is 18.1 Å². The molecule has 1 N–H and O–H groups in total. The molecule has 7 heteroatoms. The predicted molar refractivity (Wildman–Crippen MR) is 89.3 cm³/mol. The van der Waals surface area contributed by atoms with Gasteiger partial charge < -0.3 is 15.1 Å². The van der Waals surface area contributed by atoms with Gasteiger partial charge in [-0.05, 0) is 17.7 Å². The number of likely N-dealkylation sites (N-methyl/N-ethyl adjacent to an activating group) is 1. The zero-order valence-corrected chi connectivity index (χ0v) is 14.3. The van der Waals surface area contributed by atoms with Crippen LogP contribution in [0.15, 0.2) is 24.3 Å². The topological polar surface area (TPSA) is 52.7 Å². The Morgan fingerprint density at radius 3 is 2.82 bits per heavy atom. The van der Waals surface area contributed by atoms with Crippen molar-refractivity contribution in [3.8, 4) is 0 Å². The van der Waals surface area contributed by atoms with Crippen molar-refractivity contribution in [2.75, 3.05) is 33.2 Å². The first-order valence-electron chi connectivity index (χ1n) is 6.96. The van der Waals surface area contributed by atoms with E-state index < -0.39 is 0 Å². The second-order valence-corrected chi connectivity index (χ2v) is 5.67. The highest BCUT2D eigenvalue weighted by molar-refractivity contribution is 6.30. The second-order valence-electron chi connectivity index (χ2n) is 5.24. The third kappa shape index (κ3) is 4.60. The molecule has 1 atom stereocenters. The lowest BCUT2D eigenvalue weighted by atomic mass is 10.0. The van der Waals surface area contributed by atoms with Crippen molar-refractivity contribution < 1.29 is 9.59 Å². The van der Waals surface area contributed by atoms with Crippen molar-refractivity contribution >= 4 is 35.8 Å². The molecule has 1 aliphatic heterocycles. The number of nitrogens with one attached hydrogen (secondary N) is 1. The van der Waals surface area contributed by atoms with Crippen molar-refractivity contribution in [3.63, 3.8) is 0 Å². The van der Waals surface area contributed by atoms with Crippen molar-refractivity contribution in [2.24, 2.45) is 0 Å². The molecule has 0 aromatic heterocycles. The summed E-state index contributed by atoms with van der Waals surface area (Å²) < 4.78 is 0. The lowest BCUT2D eigenvalue weighted by Gasteiger charge is -2.37. The van der Waals surface area contributed by atoms with E-state index in [4.69, 9.17) is 11.6 Å². The molecule has 0 bridgehead atoms. The standard InChI is InChI=1S/C15H20ClN3O2.ClH/c1-11(20)18(2)10-15(21)19-7-6-17-9-14(19)12-4-3-5-13(16)8-12;/h3-5,8,14,17H,6-7,9-10H2,1-2H3;1H. The highest BCUT2D eigenvalue weighted by Crippen LogP contribution is 2.24. The van der Waals surface area contributed by atoms with Crippen LogP contribution in [0.4, 0.5) is 0 Å². The molecule has 0 spiro atoms. The van der Waals surface area contributed by atoms with Gasteiger partial charge in [0.25, 0.3) is 0 Å². The quantitative estimate of drug-likeness (QED) is 0.907. The van der Waals surface area contributed by atoms with Crippen LogP contribution in [0.1, 0.15) is 18.5 Å². The molecule has 2 amide bonds. The van der Waals surface area contributed by atoms with Gasteiger partial charge in [0.15, 0.2) is 0 Å². The fraction of sp³-hybridized carbons (Fsp3) is 0.467. The Morgan fingerprint density at radius 2 is 2.18 bits per heavy atom. The van der Waals surface area contributed by atoms with Crippen LogP contribution in [0.2, 0.25) is 5.02 Å². The first kappa shape index (κ1) is 18.7. The van der Waals surface area contributed by atoms with E-state index in [-0.39, 0.29) is 36.8 Å². The highest BCUT2D eigenvalue weighted by Gasteiger charge is 2.28. The van der Waals surface area contributed by atoms with Gasteiger partial charge in [0.05, 0.1) is 12.6 Å². The number of nitrogens with zero attached hydrogens (tertiary/aromatic N) is 2. The molecule has 1 heterocycles. The lowest BCUT2D eigenvalue weighted by Crippen LogP contribution is -2.51. The molecule has 1 aromatic rings. The minimum Gasteiger partial charge on any atom is -0.337 e. The summed E-state index contributed by atoms with van der Waals surface area (Å²) in [7, 11) is 1.64. The van der Waals surface area contributed by atoms with Crippen LogP contribution < -0.4 is 5.32 Å². The summed E-state index contributed by atoms with van der Waals surface area (Å²) in [6.45, 7) is 3.64. The third-order valence-corrected chi connectivity index (χ3v) is 3.94. The van der Waals surface area contributed by atoms with Gasteiger partial charge in [-0.15, -0.1) is 12.4 Å². The Labute approximate surface area is 142 Å². The van der Waals surface area contributed by atoms with Gasteiger partial charge in [-0.3, -0.25) is 9.59 Å². The number of piperazine rings is 1. The Balaban J connectivity index is 0.00000242. The average Bonchev–Trinajstić information content (AvgIpc) is 2.47. The molecule has 0 aliphatic carbocycles. The van der Waals surface area contributed by atoms with E-state index >= 15 is 0 Å². The number of carbonyl (C=O) groups excluding carboxylic acids is 2. The largest absolute Gasteiger partial charge is 0.337 e. The molecular weight excluding hydrogens is 325 g/mol. The summed E-state index contributed by atoms with van der Waals surface area (Å²) in [5.41, 5.74) is 1.01. The van der Waals surface area contributed by atoms with Gasteiger partial charge in [0.2, 0.25) is 11.8 Å². The van der Waals surface area contributed by atoms with E-state index in [9.17, 15) is 9.59 Å². The molecule has 0 radical (unpaired) electrons. The number of benzene rings is 1. The monoisotopic (exact) mass is 345 g/mol. The fourth-order valence-electron chi connectivity index (χ4n) is 2.42. The Morgan fingerprint density at radius 1 is 1.45 bits per heavy atom. The summed E-state index contributed by atoms with van der Waals surface area (Å²) in [5.74, 6) is -0.156. The summed E-state index contributed by atoms with van der Waals surface area (Å²) in [6.07, 6.45) is 0. The number of amides is 2. The van der Waals surface area contributed by atoms with Crippen molar-refractivity contribution in [1.29, 1.82) is 0 Å².